The van der Waals surface area contributed by atoms with Crippen molar-refractivity contribution in [2.24, 2.45) is 4.99 Å². The van der Waals surface area contributed by atoms with Crippen molar-refractivity contribution >= 4 is 29.9 Å². The third-order valence-electron chi connectivity index (χ3n) is 5.56. The lowest BCUT2D eigenvalue weighted by Gasteiger charge is -2.20. The van der Waals surface area contributed by atoms with Gasteiger partial charge in [0.25, 0.3) is 0 Å². The molecule has 7 nitrogen and oxygen atoms in total. The maximum absolute atomic E-state index is 5.54. The van der Waals surface area contributed by atoms with Crippen LogP contribution in [0.3, 0.4) is 0 Å². The van der Waals surface area contributed by atoms with E-state index in [0.29, 0.717) is 0 Å². The predicted octanol–water partition coefficient (Wildman–Crippen LogP) is 4.19. The van der Waals surface area contributed by atoms with Gasteiger partial charge in [-0.05, 0) is 46.1 Å². The van der Waals surface area contributed by atoms with Crippen molar-refractivity contribution in [3.8, 4) is 5.75 Å². The monoisotopic (exact) mass is 540 g/mol. The average Bonchev–Trinajstić information content (AvgIpc) is 2.97. The fourth-order valence-electron chi connectivity index (χ4n) is 3.95. The molecule has 1 aliphatic rings. The molecule has 0 saturated carbocycles. The number of methoxy groups -OCH3 is 1. The number of ether oxygens (including phenoxy) is 1. The molecular formula is C23H37IN6O. The zero-order chi connectivity index (χ0) is 21.3. The van der Waals surface area contributed by atoms with Crippen LogP contribution in [0.4, 0.5) is 0 Å². The molecule has 1 atom stereocenters. The SMILES string of the molecule is CCNC(=NCCCc1nnc2n1CCCCC2)NC(C)c1cc(C)ccc1OC.I. The Balaban J connectivity index is 0.00000341. The topological polar surface area (TPSA) is 76.4 Å². The van der Waals surface area contributed by atoms with Crippen molar-refractivity contribution in [1.82, 2.24) is 25.4 Å². The first kappa shape index (κ1) is 25.4. The molecule has 8 heteroatoms. The Morgan fingerprint density at radius 2 is 2.10 bits per heavy atom. The maximum atomic E-state index is 5.54. The Bertz CT molecular complexity index is 851. The summed E-state index contributed by atoms with van der Waals surface area (Å²) in [5, 5.41) is 15.7. The summed E-state index contributed by atoms with van der Waals surface area (Å²) in [5.74, 6) is 3.98. The summed E-state index contributed by atoms with van der Waals surface area (Å²) < 4.78 is 7.87. The molecule has 2 N–H and O–H groups in total. The van der Waals surface area contributed by atoms with E-state index < -0.39 is 0 Å². The summed E-state index contributed by atoms with van der Waals surface area (Å²) in [6.45, 7) is 8.94. The van der Waals surface area contributed by atoms with Crippen molar-refractivity contribution in [1.29, 1.82) is 0 Å². The summed E-state index contributed by atoms with van der Waals surface area (Å²) in [7, 11) is 1.71. The average molecular weight is 540 g/mol. The van der Waals surface area contributed by atoms with Crippen LogP contribution in [0.5, 0.6) is 5.75 Å². The summed E-state index contributed by atoms with van der Waals surface area (Å²) >= 11 is 0. The standard InChI is InChI=1S/C23H36N6O.HI/c1-5-24-23(26-18(3)19-16-17(2)12-13-20(19)30-4)25-14-9-11-22-28-27-21-10-7-6-8-15-29(21)22;/h12-13,16,18H,5-11,14-15H2,1-4H3,(H2,24,25,26);1H. The molecule has 0 aliphatic carbocycles. The number of aliphatic imine (C=N–C) groups is 1. The molecule has 31 heavy (non-hydrogen) atoms. The van der Waals surface area contributed by atoms with Gasteiger partial charge >= 0.3 is 0 Å². The lowest BCUT2D eigenvalue weighted by atomic mass is 10.0. The van der Waals surface area contributed by atoms with Gasteiger partial charge in [-0.15, -0.1) is 34.2 Å². The Hall–Kier alpha value is -1.84. The second-order valence-electron chi connectivity index (χ2n) is 7.97. The molecule has 2 aromatic rings. The summed E-state index contributed by atoms with van der Waals surface area (Å²) in [6.07, 6.45) is 6.66. The minimum atomic E-state index is 0. The number of benzene rings is 1. The summed E-state index contributed by atoms with van der Waals surface area (Å²) in [4.78, 5) is 4.78. The van der Waals surface area contributed by atoms with Crippen LogP contribution in [0, 0.1) is 6.92 Å². The van der Waals surface area contributed by atoms with E-state index in [4.69, 9.17) is 9.73 Å². The number of halogens is 1. The highest BCUT2D eigenvalue weighted by molar-refractivity contribution is 14.0. The van der Waals surface area contributed by atoms with Crippen molar-refractivity contribution in [2.45, 2.75) is 71.9 Å². The molecule has 172 valence electrons. The molecule has 0 amide bonds. The molecular weight excluding hydrogens is 503 g/mol. The first-order valence-electron chi connectivity index (χ1n) is 11.2. The molecule has 1 unspecified atom stereocenters. The normalized spacial score (nSPS) is 14.8. The van der Waals surface area contributed by atoms with Crippen LogP contribution in [-0.4, -0.2) is 40.9 Å². The zero-order valence-electron chi connectivity index (χ0n) is 19.3. The van der Waals surface area contributed by atoms with Gasteiger partial charge in [0.05, 0.1) is 13.2 Å². The highest BCUT2D eigenvalue weighted by Crippen LogP contribution is 2.26. The fourth-order valence-corrected chi connectivity index (χ4v) is 3.95. The number of fused-ring (bicyclic) bond motifs is 1. The van der Waals surface area contributed by atoms with E-state index in [1.165, 1.54) is 24.8 Å². The third kappa shape index (κ3) is 7.08. The largest absolute Gasteiger partial charge is 0.496 e. The Morgan fingerprint density at radius 3 is 2.87 bits per heavy atom. The van der Waals surface area contributed by atoms with E-state index >= 15 is 0 Å². The summed E-state index contributed by atoms with van der Waals surface area (Å²) in [5.41, 5.74) is 2.35. The highest BCUT2D eigenvalue weighted by Gasteiger charge is 2.15. The van der Waals surface area contributed by atoms with Gasteiger partial charge in [-0.1, -0.05) is 24.1 Å². The molecule has 0 radical (unpaired) electrons. The first-order chi connectivity index (χ1) is 14.6. The fraction of sp³-hybridized carbons (Fsp3) is 0.609. The molecule has 0 bridgehead atoms. The molecule has 1 aromatic heterocycles. The van der Waals surface area contributed by atoms with E-state index in [1.54, 1.807) is 7.11 Å². The van der Waals surface area contributed by atoms with Gasteiger partial charge in [0.15, 0.2) is 5.96 Å². The highest BCUT2D eigenvalue weighted by atomic mass is 127. The van der Waals surface area contributed by atoms with Crippen LogP contribution in [0.2, 0.25) is 0 Å². The number of hydrogen-bond donors (Lipinski definition) is 2. The molecule has 2 heterocycles. The number of guanidine groups is 1. The number of nitrogens with zero attached hydrogens (tertiary/aromatic N) is 4. The molecule has 0 spiro atoms. The van der Waals surface area contributed by atoms with Crippen molar-refractivity contribution < 1.29 is 4.74 Å². The maximum Gasteiger partial charge on any atom is 0.191 e. The second-order valence-corrected chi connectivity index (χ2v) is 7.97. The Kier molecular flexibility index (Phi) is 10.6. The van der Waals surface area contributed by atoms with E-state index in [1.807, 2.05) is 6.07 Å². The second kappa shape index (κ2) is 12.9. The molecule has 0 saturated heterocycles. The zero-order valence-corrected chi connectivity index (χ0v) is 21.6. The molecule has 0 fully saturated rings. The van der Waals surface area contributed by atoms with E-state index in [2.05, 4.69) is 58.3 Å². The van der Waals surface area contributed by atoms with Crippen LogP contribution in [0.15, 0.2) is 23.2 Å². The van der Waals surface area contributed by atoms with Crippen LogP contribution < -0.4 is 15.4 Å². The number of nitrogens with one attached hydrogen (secondary N) is 2. The number of rotatable bonds is 8. The van der Waals surface area contributed by atoms with Gasteiger partial charge in [-0.3, -0.25) is 4.99 Å². The van der Waals surface area contributed by atoms with Crippen molar-refractivity contribution in [3.63, 3.8) is 0 Å². The minimum Gasteiger partial charge on any atom is -0.496 e. The lowest BCUT2D eigenvalue weighted by Crippen LogP contribution is -2.39. The van der Waals surface area contributed by atoms with E-state index in [9.17, 15) is 0 Å². The summed E-state index contributed by atoms with van der Waals surface area (Å²) in [6, 6.07) is 6.34. The van der Waals surface area contributed by atoms with Crippen LogP contribution in [0.25, 0.3) is 0 Å². The van der Waals surface area contributed by atoms with Gasteiger partial charge in [0, 0.05) is 38.0 Å². The molecule has 3 rings (SSSR count). The molecule has 1 aromatic carbocycles. The number of aryl methyl sites for hydroxylation is 3. The van der Waals surface area contributed by atoms with Gasteiger partial charge in [-0.2, -0.15) is 0 Å². The van der Waals surface area contributed by atoms with Crippen molar-refractivity contribution in [3.05, 3.63) is 41.0 Å². The van der Waals surface area contributed by atoms with Crippen LogP contribution in [0.1, 0.15) is 68.3 Å². The third-order valence-corrected chi connectivity index (χ3v) is 5.56. The number of aromatic nitrogens is 3. The Labute approximate surface area is 203 Å². The van der Waals surface area contributed by atoms with Crippen LogP contribution in [-0.2, 0) is 19.4 Å². The first-order valence-corrected chi connectivity index (χ1v) is 11.2. The van der Waals surface area contributed by atoms with E-state index in [0.717, 1.165) is 67.8 Å². The van der Waals surface area contributed by atoms with Gasteiger partial charge < -0.3 is 19.9 Å². The van der Waals surface area contributed by atoms with Gasteiger partial charge in [0.2, 0.25) is 0 Å². The number of hydrogen-bond acceptors (Lipinski definition) is 4. The van der Waals surface area contributed by atoms with Gasteiger partial charge in [-0.25, -0.2) is 0 Å². The Morgan fingerprint density at radius 1 is 1.26 bits per heavy atom. The lowest BCUT2D eigenvalue weighted by molar-refractivity contribution is 0.405. The van der Waals surface area contributed by atoms with Crippen LogP contribution >= 0.6 is 24.0 Å². The van der Waals surface area contributed by atoms with Crippen molar-refractivity contribution in [2.75, 3.05) is 20.2 Å². The molecule has 1 aliphatic heterocycles. The predicted molar refractivity (Wildman–Crippen MR) is 137 cm³/mol. The quantitative estimate of drug-likeness (QED) is 0.227. The smallest absolute Gasteiger partial charge is 0.191 e. The van der Waals surface area contributed by atoms with Gasteiger partial charge in [0.1, 0.15) is 17.4 Å². The minimum absolute atomic E-state index is 0. The van der Waals surface area contributed by atoms with E-state index in [-0.39, 0.29) is 30.0 Å².